The molecule has 120 valence electrons. The third-order valence-electron chi connectivity index (χ3n) is 2.85. The van der Waals surface area contributed by atoms with Gasteiger partial charge in [-0.2, -0.15) is 0 Å². The van der Waals surface area contributed by atoms with E-state index < -0.39 is 0 Å². The van der Waals surface area contributed by atoms with Crippen LogP contribution in [0.1, 0.15) is 21.6 Å². The van der Waals surface area contributed by atoms with E-state index in [9.17, 15) is 9.59 Å². The first kappa shape index (κ1) is 17.2. The van der Waals surface area contributed by atoms with Crippen molar-refractivity contribution in [3.05, 3.63) is 41.4 Å². The van der Waals surface area contributed by atoms with E-state index >= 15 is 0 Å². The lowest BCUT2D eigenvalue weighted by atomic mass is 10.2. The molecule has 0 aromatic carbocycles. The topological polar surface area (TPSA) is 84.0 Å². The van der Waals surface area contributed by atoms with Crippen LogP contribution in [0.2, 0.25) is 0 Å². The van der Waals surface area contributed by atoms with E-state index in [1.54, 1.807) is 37.1 Å². The molecule has 0 spiro atoms. The van der Waals surface area contributed by atoms with Crippen LogP contribution >= 0.6 is 23.1 Å². The van der Waals surface area contributed by atoms with E-state index in [1.165, 1.54) is 23.6 Å². The zero-order chi connectivity index (χ0) is 16.8. The fourth-order valence-electron chi connectivity index (χ4n) is 1.76. The van der Waals surface area contributed by atoms with Gasteiger partial charge in [0.05, 0.1) is 15.5 Å². The number of anilines is 1. The van der Waals surface area contributed by atoms with Crippen molar-refractivity contribution >= 4 is 46.1 Å². The van der Waals surface area contributed by atoms with Crippen molar-refractivity contribution < 1.29 is 9.59 Å². The molecule has 2 N–H and O–H groups in total. The Kier molecular flexibility index (Phi) is 5.89. The van der Waals surface area contributed by atoms with Gasteiger partial charge in [-0.3, -0.25) is 19.9 Å². The lowest BCUT2D eigenvalue weighted by Crippen LogP contribution is -2.17. The summed E-state index contributed by atoms with van der Waals surface area (Å²) in [7, 11) is 1.55. The van der Waals surface area contributed by atoms with Gasteiger partial charge in [-0.1, -0.05) is 11.3 Å². The molecule has 0 aliphatic rings. The minimum absolute atomic E-state index is 0.222. The maximum absolute atomic E-state index is 11.9. The van der Waals surface area contributed by atoms with Gasteiger partial charge in [-0.15, -0.1) is 11.8 Å². The molecule has 2 amide bonds. The zero-order valence-corrected chi connectivity index (χ0v) is 14.5. The van der Waals surface area contributed by atoms with Gasteiger partial charge in [-0.25, -0.2) is 4.98 Å². The Bertz CT molecular complexity index is 756. The average molecular weight is 348 g/mol. The number of hydrogen-bond donors (Lipinski definition) is 2. The molecule has 0 saturated heterocycles. The molecule has 0 fully saturated rings. The molecule has 2 heterocycles. The molecule has 0 saturated carbocycles. The number of nitrogens with one attached hydrogen (secondary N) is 2. The lowest BCUT2D eigenvalue weighted by molar-refractivity contribution is -0.111. The standard InChI is InChI=1S/C15H16N4O2S2/c1-9-14(22-3)23-15(18-9)19-12(20)5-4-10-6-11(8-17-7-10)13(21)16-2/h4-8H,1-3H3,(H,16,21)(H,18,19,20)/b5-4-. The average Bonchev–Trinajstić information content (AvgIpc) is 2.91. The van der Waals surface area contributed by atoms with Crippen molar-refractivity contribution in [3.8, 4) is 0 Å². The second-order valence-corrected chi connectivity index (χ2v) is 6.58. The lowest BCUT2D eigenvalue weighted by Gasteiger charge is -2.00. The second-order valence-electron chi connectivity index (χ2n) is 4.50. The van der Waals surface area contributed by atoms with Gasteiger partial charge < -0.3 is 5.32 Å². The van der Waals surface area contributed by atoms with Crippen molar-refractivity contribution in [1.82, 2.24) is 15.3 Å². The molecular formula is C15H16N4O2S2. The summed E-state index contributed by atoms with van der Waals surface area (Å²) < 4.78 is 1.08. The summed E-state index contributed by atoms with van der Waals surface area (Å²) in [4.78, 5) is 31.8. The van der Waals surface area contributed by atoms with E-state index in [1.807, 2.05) is 13.2 Å². The van der Waals surface area contributed by atoms with Gasteiger partial charge >= 0.3 is 0 Å². The number of aryl methyl sites for hydroxylation is 1. The van der Waals surface area contributed by atoms with Crippen molar-refractivity contribution in [1.29, 1.82) is 0 Å². The molecule has 0 aliphatic carbocycles. The number of aromatic nitrogens is 2. The first-order chi connectivity index (χ1) is 11.0. The molecule has 2 rings (SSSR count). The number of nitrogens with zero attached hydrogens (tertiary/aromatic N) is 2. The summed E-state index contributed by atoms with van der Waals surface area (Å²) in [5.74, 6) is -0.503. The Morgan fingerprint density at radius 3 is 2.78 bits per heavy atom. The molecule has 2 aromatic heterocycles. The van der Waals surface area contributed by atoms with Gasteiger partial charge in [0.2, 0.25) is 5.91 Å². The SMILES string of the molecule is CNC(=O)c1cncc(/C=C\C(=O)Nc2nc(C)c(SC)s2)c1. The number of carbonyl (C=O) groups is 2. The Morgan fingerprint density at radius 2 is 2.13 bits per heavy atom. The van der Waals surface area contributed by atoms with Gasteiger partial charge in [0.1, 0.15) is 0 Å². The summed E-state index contributed by atoms with van der Waals surface area (Å²) in [5.41, 5.74) is 2.01. The van der Waals surface area contributed by atoms with Gasteiger partial charge in [-0.05, 0) is 30.9 Å². The maximum atomic E-state index is 11.9. The summed E-state index contributed by atoms with van der Waals surface area (Å²) in [6.45, 7) is 1.91. The Balaban J connectivity index is 2.04. The third kappa shape index (κ3) is 4.64. The van der Waals surface area contributed by atoms with Crippen LogP contribution in [-0.4, -0.2) is 35.1 Å². The molecule has 23 heavy (non-hydrogen) atoms. The number of thiazole rings is 1. The predicted octanol–water partition coefficient (Wildman–Crippen LogP) is 2.58. The molecule has 6 nitrogen and oxygen atoms in total. The Hall–Kier alpha value is -2.19. The van der Waals surface area contributed by atoms with Gasteiger partial charge in [0.25, 0.3) is 5.91 Å². The highest BCUT2D eigenvalue weighted by molar-refractivity contribution is 8.00. The predicted molar refractivity (Wildman–Crippen MR) is 93.9 cm³/mol. The van der Waals surface area contributed by atoms with Crippen LogP contribution in [-0.2, 0) is 4.79 Å². The van der Waals surface area contributed by atoms with E-state index in [2.05, 4.69) is 20.6 Å². The quantitative estimate of drug-likeness (QED) is 0.641. The molecule has 8 heteroatoms. The second kappa shape index (κ2) is 7.89. The first-order valence-electron chi connectivity index (χ1n) is 6.71. The molecule has 0 unspecified atom stereocenters. The molecule has 0 bridgehead atoms. The number of amides is 2. The zero-order valence-electron chi connectivity index (χ0n) is 12.9. The van der Waals surface area contributed by atoms with E-state index in [4.69, 9.17) is 0 Å². The number of thioether (sulfide) groups is 1. The third-order valence-corrected chi connectivity index (χ3v) is 5.13. The maximum Gasteiger partial charge on any atom is 0.252 e. The fourth-order valence-corrected chi connectivity index (χ4v) is 3.38. The van der Waals surface area contributed by atoms with Crippen molar-refractivity contribution in [3.63, 3.8) is 0 Å². The van der Waals surface area contributed by atoms with Crippen molar-refractivity contribution in [2.75, 3.05) is 18.6 Å². The van der Waals surface area contributed by atoms with E-state index in [0.717, 1.165) is 9.90 Å². The van der Waals surface area contributed by atoms with Crippen LogP contribution in [0.4, 0.5) is 5.13 Å². The van der Waals surface area contributed by atoms with Crippen LogP contribution < -0.4 is 10.6 Å². The van der Waals surface area contributed by atoms with Crippen LogP contribution in [0.25, 0.3) is 6.08 Å². The van der Waals surface area contributed by atoms with Gasteiger partial charge in [0, 0.05) is 25.5 Å². The van der Waals surface area contributed by atoms with Crippen molar-refractivity contribution in [2.24, 2.45) is 0 Å². The minimum atomic E-state index is -0.281. The summed E-state index contributed by atoms with van der Waals surface area (Å²) in [5, 5.41) is 5.82. The molecule has 2 aromatic rings. The summed E-state index contributed by atoms with van der Waals surface area (Å²) >= 11 is 3.04. The van der Waals surface area contributed by atoms with Crippen LogP contribution in [0.3, 0.4) is 0 Å². The normalized spacial score (nSPS) is 10.7. The number of hydrogen-bond acceptors (Lipinski definition) is 6. The molecule has 0 radical (unpaired) electrons. The highest BCUT2D eigenvalue weighted by atomic mass is 32.2. The van der Waals surface area contributed by atoms with Gasteiger partial charge in [0.15, 0.2) is 5.13 Å². The molecule has 0 atom stereocenters. The van der Waals surface area contributed by atoms with Crippen LogP contribution in [0.15, 0.2) is 28.7 Å². The summed E-state index contributed by atoms with van der Waals surface area (Å²) in [6.07, 6.45) is 8.01. The number of pyridine rings is 1. The van der Waals surface area contributed by atoms with Crippen LogP contribution in [0, 0.1) is 6.92 Å². The smallest absolute Gasteiger partial charge is 0.252 e. The first-order valence-corrected chi connectivity index (χ1v) is 8.75. The minimum Gasteiger partial charge on any atom is -0.355 e. The Labute approximate surface area is 142 Å². The number of carbonyl (C=O) groups excluding carboxylic acids is 2. The highest BCUT2D eigenvalue weighted by Crippen LogP contribution is 2.30. The Morgan fingerprint density at radius 1 is 1.35 bits per heavy atom. The fraction of sp³-hybridized carbons (Fsp3) is 0.200. The number of rotatable bonds is 5. The highest BCUT2D eigenvalue weighted by Gasteiger charge is 2.08. The monoisotopic (exact) mass is 348 g/mol. The molecule has 0 aliphatic heterocycles. The largest absolute Gasteiger partial charge is 0.355 e. The van der Waals surface area contributed by atoms with Crippen LogP contribution in [0.5, 0.6) is 0 Å². The van der Waals surface area contributed by atoms with E-state index in [0.29, 0.717) is 16.3 Å². The summed E-state index contributed by atoms with van der Waals surface area (Å²) in [6, 6.07) is 1.66. The molecular weight excluding hydrogens is 332 g/mol. The van der Waals surface area contributed by atoms with Crippen molar-refractivity contribution in [2.45, 2.75) is 11.1 Å². The van der Waals surface area contributed by atoms with E-state index in [-0.39, 0.29) is 11.8 Å².